The van der Waals surface area contributed by atoms with Crippen LogP contribution in [0.4, 0.5) is 5.00 Å². The Morgan fingerprint density at radius 1 is 1.46 bits per heavy atom. The number of hydrogen-bond donors (Lipinski definition) is 1. The predicted molar refractivity (Wildman–Crippen MR) is 93.2 cm³/mol. The minimum atomic E-state index is -0.396. The Bertz CT molecular complexity index is 773. The van der Waals surface area contributed by atoms with Gasteiger partial charge < -0.3 is 14.5 Å². The number of furan rings is 1. The molecule has 1 amide bonds. The first-order valence-electron chi connectivity index (χ1n) is 7.84. The molecular formula is C18H19NO4S. The molecule has 2 aromatic rings. The Morgan fingerprint density at radius 3 is 3.00 bits per heavy atom. The normalized spacial score (nSPS) is 16.8. The molecule has 0 spiro atoms. The lowest BCUT2D eigenvalue weighted by Gasteiger charge is -2.18. The van der Waals surface area contributed by atoms with Gasteiger partial charge in [-0.2, -0.15) is 0 Å². The number of amides is 1. The van der Waals surface area contributed by atoms with Crippen molar-refractivity contribution in [3.8, 4) is 0 Å². The van der Waals surface area contributed by atoms with E-state index in [1.807, 2.05) is 0 Å². The fourth-order valence-corrected chi connectivity index (χ4v) is 4.26. The molecule has 1 N–H and O–H groups in total. The van der Waals surface area contributed by atoms with Gasteiger partial charge in [0.05, 0.1) is 18.9 Å². The molecule has 3 rings (SSSR count). The Kier molecular flexibility index (Phi) is 4.85. The van der Waals surface area contributed by atoms with Crippen LogP contribution in [0.2, 0.25) is 0 Å². The lowest BCUT2D eigenvalue weighted by Crippen LogP contribution is -2.14. The second kappa shape index (κ2) is 7.05. The predicted octanol–water partition coefficient (Wildman–Crippen LogP) is 3.90. The van der Waals surface area contributed by atoms with Crippen molar-refractivity contribution in [2.75, 3.05) is 12.4 Å². The van der Waals surface area contributed by atoms with Crippen molar-refractivity contribution in [3.05, 3.63) is 46.2 Å². The van der Waals surface area contributed by atoms with Gasteiger partial charge in [-0.15, -0.1) is 11.3 Å². The van der Waals surface area contributed by atoms with Crippen molar-refractivity contribution in [2.45, 2.75) is 26.2 Å². The van der Waals surface area contributed by atoms with E-state index >= 15 is 0 Å². The third kappa shape index (κ3) is 3.43. The van der Waals surface area contributed by atoms with Crippen LogP contribution in [0.25, 0.3) is 6.08 Å². The summed E-state index contributed by atoms with van der Waals surface area (Å²) in [6.45, 7) is 2.20. The van der Waals surface area contributed by atoms with Crippen molar-refractivity contribution >= 4 is 34.3 Å². The zero-order chi connectivity index (χ0) is 17.1. The number of ether oxygens (including phenoxy) is 1. The summed E-state index contributed by atoms with van der Waals surface area (Å²) in [4.78, 5) is 25.5. The highest BCUT2D eigenvalue weighted by Crippen LogP contribution is 2.40. The van der Waals surface area contributed by atoms with Crippen LogP contribution in [-0.4, -0.2) is 19.0 Å². The van der Waals surface area contributed by atoms with Gasteiger partial charge in [-0.3, -0.25) is 4.79 Å². The van der Waals surface area contributed by atoms with Crippen molar-refractivity contribution in [1.29, 1.82) is 0 Å². The first-order valence-corrected chi connectivity index (χ1v) is 8.65. The summed E-state index contributed by atoms with van der Waals surface area (Å²) in [5, 5.41) is 3.38. The molecule has 0 saturated heterocycles. The van der Waals surface area contributed by atoms with Crippen LogP contribution in [-0.2, 0) is 22.4 Å². The molecule has 0 fully saturated rings. The van der Waals surface area contributed by atoms with Crippen LogP contribution >= 0.6 is 11.3 Å². The van der Waals surface area contributed by atoms with Crippen molar-refractivity contribution in [3.63, 3.8) is 0 Å². The fraction of sp³-hybridized carbons (Fsp3) is 0.333. The molecule has 0 saturated carbocycles. The van der Waals surface area contributed by atoms with Gasteiger partial charge in [0.25, 0.3) is 0 Å². The summed E-state index contributed by atoms with van der Waals surface area (Å²) in [7, 11) is 1.36. The molecule has 2 heterocycles. The smallest absolute Gasteiger partial charge is 0.341 e. The molecule has 0 unspecified atom stereocenters. The minimum absolute atomic E-state index is 0.303. The number of thiophene rings is 1. The van der Waals surface area contributed by atoms with Gasteiger partial charge in [-0.1, -0.05) is 6.92 Å². The molecule has 126 valence electrons. The van der Waals surface area contributed by atoms with Gasteiger partial charge >= 0.3 is 5.97 Å². The number of fused-ring (bicyclic) bond motifs is 1. The van der Waals surface area contributed by atoms with E-state index in [-0.39, 0.29) is 5.91 Å². The second-order valence-corrected chi connectivity index (χ2v) is 6.99. The molecule has 24 heavy (non-hydrogen) atoms. The monoisotopic (exact) mass is 345 g/mol. The van der Waals surface area contributed by atoms with Crippen LogP contribution in [0.3, 0.4) is 0 Å². The number of carbonyl (C=O) groups is 2. The van der Waals surface area contributed by atoms with Crippen LogP contribution in [0, 0.1) is 5.92 Å². The van der Waals surface area contributed by atoms with Crippen LogP contribution in [0.5, 0.6) is 0 Å². The molecule has 6 heteroatoms. The van der Waals surface area contributed by atoms with Gasteiger partial charge in [0.2, 0.25) is 5.91 Å². The molecule has 1 atom stereocenters. The van der Waals surface area contributed by atoms with E-state index < -0.39 is 5.97 Å². The minimum Gasteiger partial charge on any atom is -0.465 e. The fourth-order valence-electron chi connectivity index (χ4n) is 2.85. The lowest BCUT2D eigenvalue weighted by atomic mass is 9.88. The van der Waals surface area contributed by atoms with E-state index in [1.165, 1.54) is 29.4 Å². The van der Waals surface area contributed by atoms with E-state index in [0.29, 0.717) is 22.2 Å². The summed E-state index contributed by atoms with van der Waals surface area (Å²) in [5.74, 6) is 0.484. The molecule has 0 aliphatic heterocycles. The Morgan fingerprint density at radius 2 is 2.29 bits per heavy atom. The Balaban J connectivity index is 1.84. The maximum absolute atomic E-state index is 12.2. The SMILES string of the molecule is COC(=O)c1c(NC(=O)/C=C/c2ccco2)sc2c1CC[C@@H](C)C2. The van der Waals surface area contributed by atoms with Gasteiger partial charge in [0.15, 0.2) is 0 Å². The summed E-state index contributed by atoms with van der Waals surface area (Å²) >= 11 is 1.47. The zero-order valence-corrected chi connectivity index (χ0v) is 14.4. The maximum Gasteiger partial charge on any atom is 0.341 e. The Hall–Kier alpha value is -2.34. The molecular weight excluding hydrogens is 326 g/mol. The molecule has 1 aliphatic rings. The van der Waals surface area contributed by atoms with E-state index in [1.54, 1.807) is 24.5 Å². The van der Waals surface area contributed by atoms with Crippen molar-refractivity contribution < 1.29 is 18.7 Å². The molecule has 0 bridgehead atoms. The standard InChI is InChI=1S/C18H19NO4S/c1-11-5-7-13-14(10-11)24-17(16(13)18(21)22-2)19-15(20)8-6-12-4-3-9-23-12/h3-4,6,8-9,11H,5,7,10H2,1-2H3,(H,19,20)/b8-6+/t11-/m1/s1. The van der Waals surface area contributed by atoms with Gasteiger partial charge in [-0.25, -0.2) is 4.79 Å². The number of carbonyl (C=O) groups excluding carboxylic acids is 2. The zero-order valence-electron chi connectivity index (χ0n) is 13.6. The highest BCUT2D eigenvalue weighted by molar-refractivity contribution is 7.17. The van der Waals surface area contributed by atoms with Gasteiger partial charge in [0, 0.05) is 11.0 Å². The molecule has 2 aromatic heterocycles. The number of esters is 1. The average molecular weight is 345 g/mol. The summed E-state index contributed by atoms with van der Waals surface area (Å²) < 4.78 is 10.1. The number of nitrogens with one attached hydrogen (secondary N) is 1. The highest BCUT2D eigenvalue weighted by atomic mass is 32.1. The number of anilines is 1. The number of methoxy groups -OCH3 is 1. The quantitative estimate of drug-likeness (QED) is 0.674. The second-order valence-electron chi connectivity index (χ2n) is 5.89. The van der Waals surface area contributed by atoms with Gasteiger partial charge in [0.1, 0.15) is 10.8 Å². The van der Waals surface area contributed by atoms with Gasteiger partial charge in [-0.05, 0) is 49.0 Å². The molecule has 1 aliphatic carbocycles. The highest BCUT2D eigenvalue weighted by Gasteiger charge is 2.28. The lowest BCUT2D eigenvalue weighted by molar-refractivity contribution is -0.111. The first-order chi connectivity index (χ1) is 11.6. The van der Waals surface area contributed by atoms with E-state index in [0.717, 1.165) is 24.8 Å². The van der Waals surface area contributed by atoms with Crippen molar-refractivity contribution in [2.24, 2.45) is 5.92 Å². The first kappa shape index (κ1) is 16.5. The summed E-state index contributed by atoms with van der Waals surface area (Å²) in [6, 6.07) is 3.51. The number of rotatable bonds is 4. The largest absolute Gasteiger partial charge is 0.465 e. The average Bonchev–Trinajstić information content (AvgIpc) is 3.19. The van der Waals surface area contributed by atoms with E-state index in [4.69, 9.17) is 9.15 Å². The Labute approximate surface area is 144 Å². The third-order valence-corrected chi connectivity index (χ3v) is 5.25. The number of hydrogen-bond acceptors (Lipinski definition) is 5. The molecule has 0 aromatic carbocycles. The third-order valence-electron chi connectivity index (χ3n) is 4.08. The summed E-state index contributed by atoms with van der Waals surface area (Å²) in [5.41, 5.74) is 1.53. The van der Waals surface area contributed by atoms with E-state index in [2.05, 4.69) is 12.2 Å². The van der Waals surface area contributed by atoms with Crippen LogP contribution in [0.15, 0.2) is 28.9 Å². The maximum atomic E-state index is 12.2. The summed E-state index contributed by atoms with van der Waals surface area (Å²) in [6.07, 6.45) is 7.34. The molecule has 5 nitrogen and oxygen atoms in total. The van der Waals surface area contributed by atoms with Crippen LogP contribution < -0.4 is 5.32 Å². The van der Waals surface area contributed by atoms with Crippen LogP contribution in [0.1, 0.15) is 39.9 Å². The molecule has 0 radical (unpaired) electrons. The van der Waals surface area contributed by atoms with E-state index in [9.17, 15) is 9.59 Å². The van der Waals surface area contributed by atoms with Crippen molar-refractivity contribution in [1.82, 2.24) is 0 Å². The topological polar surface area (TPSA) is 68.5 Å².